The molecule has 33 heavy (non-hydrogen) atoms. The summed E-state index contributed by atoms with van der Waals surface area (Å²) in [6.07, 6.45) is 1.50. The average Bonchev–Trinajstić information content (AvgIpc) is 3.14. The van der Waals surface area contributed by atoms with E-state index in [4.69, 9.17) is 11.6 Å². The third-order valence-corrected chi connectivity index (χ3v) is 6.50. The smallest absolute Gasteiger partial charge is 0.220 e. The van der Waals surface area contributed by atoms with E-state index >= 15 is 0 Å². The summed E-state index contributed by atoms with van der Waals surface area (Å²) in [5.41, 5.74) is 3.40. The minimum atomic E-state index is 0.0302. The molecule has 1 N–H and O–H groups in total. The Morgan fingerprint density at radius 2 is 1.88 bits per heavy atom. The molecule has 3 rings (SSSR count). The second kappa shape index (κ2) is 11.2. The van der Waals surface area contributed by atoms with Gasteiger partial charge in [-0.1, -0.05) is 87.5 Å². The van der Waals surface area contributed by atoms with Gasteiger partial charge >= 0.3 is 0 Å². The maximum Gasteiger partial charge on any atom is 0.220 e. The van der Waals surface area contributed by atoms with Gasteiger partial charge in [0.2, 0.25) is 5.91 Å². The number of carbonyl (C=O) groups is 1. The van der Waals surface area contributed by atoms with Crippen molar-refractivity contribution in [3.8, 4) is 5.69 Å². The minimum absolute atomic E-state index is 0.0302. The molecule has 0 aliphatic carbocycles. The molecule has 0 spiro atoms. The van der Waals surface area contributed by atoms with Crippen molar-refractivity contribution in [1.82, 2.24) is 20.1 Å². The summed E-state index contributed by atoms with van der Waals surface area (Å²) >= 11 is 7.93. The average molecular weight is 485 g/mol. The number of nitrogens with zero attached hydrogens (tertiary/aromatic N) is 3. The summed E-state index contributed by atoms with van der Waals surface area (Å²) in [6, 6.07) is 16.0. The fourth-order valence-electron chi connectivity index (χ4n) is 3.98. The van der Waals surface area contributed by atoms with E-state index in [0.717, 1.165) is 28.6 Å². The van der Waals surface area contributed by atoms with Crippen LogP contribution >= 0.6 is 23.4 Å². The Balaban J connectivity index is 1.79. The predicted molar refractivity (Wildman–Crippen MR) is 137 cm³/mol. The van der Waals surface area contributed by atoms with Gasteiger partial charge in [-0.25, -0.2) is 0 Å². The molecule has 0 saturated heterocycles. The summed E-state index contributed by atoms with van der Waals surface area (Å²) in [6.45, 7) is 11.1. The highest BCUT2D eigenvalue weighted by atomic mass is 35.5. The number of carbonyl (C=O) groups excluding carboxylic acids is 1. The Kier molecular flexibility index (Phi) is 8.60. The van der Waals surface area contributed by atoms with Gasteiger partial charge in [-0.05, 0) is 47.9 Å². The molecule has 0 aliphatic rings. The summed E-state index contributed by atoms with van der Waals surface area (Å²) in [4.78, 5) is 12.6. The molecule has 176 valence electrons. The molecule has 2 aromatic carbocycles. The molecule has 1 aromatic heterocycles. The van der Waals surface area contributed by atoms with E-state index in [9.17, 15) is 4.79 Å². The van der Waals surface area contributed by atoms with Crippen LogP contribution in [-0.4, -0.2) is 20.7 Å². The second-order valence-electron chi connectivity index (χ2n) is 9.79. The first-order valence-corrected chi connectivity index (χ1v) is 12.6. The Morgan fingerprint density at radius 1 is 1.15 bits per heavy atom. The van der Waals surface area contributed by atoms with Crippen molar-refractivity contribution >= 4 is 29.3 Å². The zero-order chi connectivity index (χ0) is 24.0. The summed E-state index contributed by atoms with van der Waals surface area (Å²) in [5, 5.41) is 13.3. The lowest BCUT2D eigenvalue weighted by molar-refractivity contribution is -0.122. The van der Waals surface area contributed by atoms with Crippen molar-refractivity contribution in [2.45, 2.75) is 64.9 Å². The largest absolute Gasteiger partial charge is 0.349 e. The molecular weight excluding hydrogens is 452 g/mol. The van der Waals surface area contributed by atoms with Crippen LogP contribution in [0.2, 0.25) is 5.02 Å². The molecule has 0 saturated carbocycles. The standard InChI is InChI=1S/C26H33ClN4OS/c1-18(15-26(3,4)5)13-24(32)28-16-23-29-30-25(33-17-20-9-7-6-8-10-20)31(23)22-14-21(27)12-11-19(22)2/h6-12,14,18H,13,15-17H2,1-5H3,(H,28,32). The SMILES string of the molecule is Cc1ccc(Cl)cc1-n1c(CNC(=O)CC(C)CC(C)(C)C)nnc1SCc1ccccc1. The van der Waals surface area contributed by atoms with Crippen molar-refractivity contribution in [3.63, 3.8) is 0 Å². The van der Waals surface area contributed by atoms with Gasteiger partial charge in [-0.15, -0.1) is 10.2 Å². The van der Waals surface area contributed by atoms with Crippen molar-refractivity contribution < 1.29 is 4.79 Å². The fourth-order valence-corrected chi connectivity index (χ4v) is 5.07. The lowest BCUT2D eigenvalue weighted by Gasteiger charge is -2.22. The number of thioether (sulfide) groups is 1. The Labute approximate surface area is 206 Å². The Bertz CT molecular complexity index is 1080. The first-order valence-electron chi connectivity index (χ1n) is 11.3. The normalized spacial score (nSPS) is 12.5. The van der Waals surface area contributed by atoms with Gasteiger partial charge in [0.1, 0.15) is 0 Å². The molecule has 1 amide bonds. The number of nitrogens with one attached hydrogen (secondary N) is 1. The maximum absolute atomic E-state index is 12.6. The van der Waals surface area contributed by atoms with Crippen LogP contribution in [0.1, 0.15) is 57.5 Å². The van der Waals surface area contributed by atoms with Gasteiger partial charge in [0.25, 0.3) is 0 Å². The van der Waals surface area contributed by atoms with Crippen molar-refractivity contribution in [3.05, 3.63) is 70.5 Å². The number of benzene rings is 2. The molecule has 1 atom stereocenters. The van der Waals surface area contributed by atoms with E-state index in [1.165, 1.54) is 5.56 Å². The number of amides is 1. The van der Waals surface area contributed by atoms with E-state index in [-0.39, 0.29) is 11.3 Å². The molecule has 1 heterocycles. The molecule has 5 nitrogen and oxygen atoms in total. The lowest BCUT2D eigenvalue weighted by atomic mass is 9.84. The second-order valence-corrected chi connectivity index (χ2v) is 11.2. The quantitative estimate of drug-likeness (QED) is 0.347. The van der Waals surface area contributed by atoms with Gasteiger partial charge < -0.3 is 5.32 Å². The van der Waals surface area contributed by atoms with Crippen LogP contribution in [0.4, 0.5) is 0 Å². The highest BCUT2D eigenvalue weighted by Gasteiger charge is 2.20. The highest BCUT2D eigenvalue weighted by molar-refractivity contribution is 7.98. The van der Waals surface area contributed by atoms with Crippen LogP contribution in [-0.2, 0) is 17.1 Å². The van der Waals surface area contributed by atoms with Crippen LogP contribution < -0.4 is 5.32 Å². The number of hydrogen-bond acceptors (Lipinski definition) is 4. The van der Waals surface area contributed by atoms with Crippen molar-refractivity contribution in [2.75, 3.05) is 0 Å². The number of halogens is 1. The molecule has 0 aliphatic heterocycles. The topological polar surface area (TPSA) is 59.8 Å². The zero-order valence-electron chi connectivity index (χ0n) is 20.1. The number of aromatic nitrogens is 3. The highest BCUT2D eigenvalue weighted by Crippen LogP contribution is 2.29. The molecule has 0 radical (unpaired) electrons. The molecule has 3 aromatic rings. The molecule has 0 bridgehead atoms. The third kappa shape index (κ3) is 7.61. The molecule has 0 fully saturated rings. The predicted octanol–water partition coefficient (Wildman–Crippen LogP) is 6.60. The molecule has 7 heteroatoms. The van der Waals surface area contributed by atoms with Gasteiger partial charge in [0.05, 0.1) is 12.2 Å². The third-order valence-electron chi connectivity index (χ3n) is 5.26. The summed E-state index contributed by atoms with van der Waals surface area (Å²) < 4.78 is 2.01. The van der Waals surface area contributed by atoms with E-state index in [1.54, 1.807) is 11.8 Å². The van der Waals surface area contributed by atoms with Crippen LogP contribution in [0.5, 0.6) is 0 Å². The van der Waals surface area contributed by atoms with E-state index < -0.39 is 0 Å². The zero-order valence-corrected chi connectivity index (χ0v) is 21.6. The molecular formula is C26H33ClN4OS. The minimum Gasteiger partial charge on any atom is -0.349 e. The van der Waals surface area contributed by atoms with Gasteiger partial charge in [-0.2, -0.15) is 0 Å². The van der Waals surface area contributed by atoms with Crippen LogP contribution in [0.25, 0.3) is 5.69 Å². The maximum atomic E-state index is 12.6. The Hall–Kier alpha value is -2.31. The van der Waals surface area contributed by atoms with Crippen molar-refractivity contribution in [2.24, 2.45) is 11.3 Å². The first-order chi connectivity index (χ1) is 15.6. The van der Waals surface area contributed by atoms with Crippen LogP contribution in [0.3, 0.4) is 0 Å². The first kappa shape index (κ1) is 25.3. The Morgan fingerprint density at radius 3 is 2.58 bits per heavy atom. The lowest BCUT2D eigenvalue weighted by Crippen LogP contribution is -2.27. The monoisotopic (exact) mass is 484 g/mol. The van der Waals surface area contributed by atoms with E-state index in [2.05, 4.69) is 55.3 Å². The number of rotatable bonds is 9. The molecule has 1 unspecified atom stereocenters. The summed E-state index contributed by atoms with van der Waals surface area (Å²) in [7, 11) is 0. The fraction of sp³-hybridized carbons (Fsp3) is 0.423. The van der Waals surface area contributed by atoms with Crippen LogP contribution in [0.15, 0.2) is 53.7 Å². The number of aryl methyl sites for hydroxylation is 1. The summed E-state index contributed by atoms with van der Waals surface area (Å²) in [5.74, 6) is 1.81. The number of hydrogen-bond donors (Lipinski definition) is 1. The van der Waals surface area contributed by atoms with Gasteiger partial charge in [0.15, 0.2) is 11.0 Å². The van der Waals surface area contributed by atoms with Crippen LogP contribution in [0, 0.1) is 18.3 Å². The van der Waals surface area contributed by atoms with Crippen molar-refractivity contribution in [1.29, 1.82) is 0 Å². The van der Waals surface area contributed by atoms with Gasteiger partial charge in [-0.3, -0.25) is 9.36 Å². The van der Waals surface area contributed by atoms with Gasteiger partial charge in [0, 0.05) is 17.2 Å². The van der Waals surface area contributed by atoms with E-state index in [1.807, 2.05) is 47.9 Å². The van der Waals surface area contributed by atoms with E-state index in [0.29, 0.717) is 29.7 Å².